The zero-order chi connectivity index (χ0) is 19.7. The molecule has 0 amide bonds. The molecule has 0 radical (unpaired) electrons. The van der Waals surface area contributed by atoms with Crippen molar-refractivity contribution in [2.75, 3.05) is 31.1 Å². The molecule has 1 aliphatic rings. The van der Waals surface area contributed by atoms with Gasteiger partial charge in [0.25, 0.3) is 0 Å². The lowest BCUT2D eigenvalue weighted by molar-refractivity contribution is -0.137. The summed E-state index contributed by atoms with van der Waals surface area (Å²) < 4.78 is 44.0. The zero-order valence-corrected chi connectivity index (χ0v) is 15.4. The molecule has 4 rings (SSSR count). The van der Waals surface area contributed by atoms with E-state index in [9.17, 15) is 13.2 Å². The lowest BCUT2D eigenvalue weighted by Gasteiger charge is -2.24. The first-order valence-corrected chi connectivity index (χ1v) is 9.12. The van der Waals surface area contributed by atoms with Crippen LogP contribution in [0.1, 0.15) is 23.7 Å². The Labute approximate surface area is 160 Å². The number of hydrogen-bond donors (Lipinski definition) is 0. The fourth-order valence-corrected chi connectivity index (χ4v) is 3.56. The second-order valence-electron chi connectivity index (χ2n) is 6.91. The first-order chi connectivity index (χ1) is 13.4. The molecule has 0 N–H and O–H groups in total. The predicted octanol–water partition coefficient (Wildman–Crippen LogP) is 3.66. The number of anilines is 1. The van der Waals surface area contributed by atoms with Crippen LogP contribution in [0.25, 0.3) is 10.9 Å². The van der Waals surface area contributed by atoms with Crippen molar-refractivity contribution in [2.24, 2.45) is 0 Å². The largest absolute Gasteiger partial charge is 0.416 e. The van der Waals surface area contributed by atoms with Gasteiger partial charge in [0, 0.05) is 50.4 Å². The first-order valence-electron chi connectivity index (χ1n) is 9.12. The molecule has 1 aromatic carbocycles. The minimum Gasteiger partial charge on any atom is -0.370 e. The van der Waals surface area contributed by atoms with E-state index >= 15 is 0 Å². The quantitative estimate of drug-likeness (QED) is 0.679. The van der Waals surface area contributed by atoms with Crippen molar-refractivity contribution in [1.29, 1.82) is 0 Å². The predicted molar refractivity (Wildman–Crippen MR) is 97.9 cm³/mol. The molecule has 9 heteroatoms. The maximum Gasteiger partial charge on any atom is 0.416 e. The molecule has 0 atom stereocenters. The highest BCUT2D eigenvalue weighted by Gasteiger charge is 2.31. The average Bonchev–Trinajstić information content (AvgIpc) is 2.93. The van der Waals surface area contributed by atoms with Gasteiger partial charge in [-0.1, -0.05) is 11.2 Å². The van der Waals surface area contributed by atoms with Crippen LogP contribution in [0.5, 0.6) is 0 Å². The summed E-state index contributed by atoms with van der Waals surface area (Å²) in [4.78, 5) is 12.9. The summed E-state index contributed by atoms with van der Waals surface area (Å²) in [6.45, 7) is 5.67. The maximum absolute atomic E-state index is 13.0. The number of alkyl halides is 3. The second-order valence-corrected chi connectivity index (χ2v) is 6.91. The Morgan fingerprint density at radius 3 is 2.71 bits per heavy atom. The van der Waals surface area contributed by atoms with E-state index < -0.39 is 11.7 Å². The van der Waals surface area contributed by atoms with Crippen molar-refractivity contribution in [1.82, 2.24) is 20.0 Å². The fraction of sp³-hybridized carbons (Fsp3) is 0.421. The summed E-state index contributed by atoms with van der Waals surface area (Å²) >= 11 is 0. The van der Waals surface area contributed by atoms with Crippen molar-refractivity contribution in [3.63, 3.8) is 0 Å². The number of hydrogen-bond acceptors (Lipinski definition) is 6. The molecule has 0 unspecified atom stereocenters. The van der Waals surface area contributed by atoms with Crippen LogP contribution in [0, 0.1) is 6.92 Å². The summed E-state index contributed by atoms with van der Waals surface area (Å²) in [6.07, 6.45) is -1.87. The van der Waals surface area contributed by atoms with E-state index in [0.29, 0.717) is 23.8 Å². The van der Waals surface area contributed by atoms with Gasteiger partial charge in [0.15, 0.2) is 5.82 Å². The van der Waals surface area contributed by atoms with Gasteiger partial charge >= 0.3 is 6.18 Å². The molecule has 1 saturated heterocycles. The van der Waals surface area contributed by atoms with Gasteiger partial charge in [-0.2, -0.15) is 18.2 Å². The van der Waals surface area contributed by atoms with Crippen molar-refractivity contribution in [3.8, 4) is 0 Å². The van der Waals surface area contributed by atoms with E-state index in [-0.39, 0.29) is 0 Å². The maximum atomic E-state index is 13.0. The molecule has 1 aliphatic heterocycles. The highest BCUT2D eigenvalue weighted by Crippen LogP contribution is 2.33. The summed E-state index contributed by atoms with van der Waals surface area (Å²) in [6, 6.07) is 5.62. The van der Waals surface area contributed by atoms with Crippen molar-refractivity contribution in [3.05, 3.63) is 47.7 Å². The molecule has 0 aliphatic carbocycles. The second kappa shape index (κ2) is 7.38. The molecule has 6 nitrogen and oxygen atoms in total. The lowest BCUT2D eigenvalue weighted by Crippen LogP contribution is -2.30. The van der Waals surface area contributed by atoms with E-state index in [2.05, 4.69) is 24.9 Å². The van der Waals surface area contributed by atoms with E-state index in [1.165, 1.54) is 6.07 Å². The molecule has 0 spiro atoms. The normalized spacial score (nSPS) is 16.5. The van der Waals surface area contributed by atoms with Gasteiger partial charge in [-0.15, -0.1) is 0 Å². The Hall–Kier alpha value is -2.68. The van der Waals surface area contributed by atoms with Gasteiger partial charge in [0.05, 0.1) is 17.6 Å². The standard InChI is InChI=1S/C19H20F3N5O/c1-13-24-18(25-28-13)12-26-7-2-8-27(10-9-26)17-5-6-23-16-11-14(19(20,21)22)3-4-15(16)17/h3-6,11H,2,7-10,12H2,1H3. The van der Waals surface area contributed by atoms with Crippen LogP contribution >= 0.6 is 0 Å². The zero-order valence-electron chi connectivity index (χ0n) is 15.4. The number of halogens is 3. The van der Waals surface area contributed by atoms with Crippen molar-refractivity contribution in [2.45, 2.75) is 26.1 Å². The molecular weight excluding hydrogens is 371 g/mol. The molecule has 0 bridgehead atoms. The molecule has 3 aromatic rings. The van der Waals surface area contributed by atoms with E-state index in [1.807, 2.05) is 6.07 Å². The number of nitrogens with zero attached hydrogens (tertiary/aromatic N) is 5. The number of benzene rings is 1. The number of pyridine rings is 1. The Morgan fingerprint density at radius 2 is 1.96 bits per heavy atom. The third-order valence-electron chi connectivity index (χ3n) is 4.91. The van der Waals surface area contributed by atoms with Crippen LogP contribution in [0.15, 0.2) is 35.0 Å². The number of aryl methyl sites for hydroxylation is 1. The molecule has 3 heterocycles. The van der Waals surface area contributed by atoms with Crippen LogP contribution in [-0.2, 0) is 12.7 Å². The van der Waals surface area contributed by atoms with Gasteiger partial charge in [0.2, 0.25) is 5.89 Å². The summed E-state index contributed by atoms with van der Waals surface area (Å²) in [5.74, 6) is 1.22. The minimum atomic E-state index is -4.37. The molecular formula is C19H20F3N5O. The summed E-state index contributed by atoms with van der Waals surface area (Å²) in [7, 11) is 0. The highest BCUT2D eigenvalue weighted by atomic mass is 19.4. The van der Waals surface area contributed by atoms with Crippen LogP contribution in [0.3, 0.4) is 0 Å². The van der Waals surface area contributed by atoms with E-state index in [0.717, 1.165) is 55.8 Å². The van der Waals surface area contributed by atoms with Gasteiger partial charge in [-0.05, 0) is 24.6 Å². The summed E-state index contributed by atoms with van der Waals surface area (Å²) in [5, 5.41) is 4.68. The molecule has 148 valence electrons. The van der Waals surface area contributed by atoms with Crippen LogP contribution < -0.4 is 4.90 Å². The smallest absolute Gasteiger partial charge is 0.370 e. The van der Waals surface area contributed by atoms with Crippen LogP contribution in [0.2, 0.25) is 0 Å². The number of rotatable bonds is 3. The molecule has 28 heavy (non-hydrogen) atoms. The Kier molecular flexibility index (Phi) is 4.92. The van der Waals surface area contributed by atoms with E-state index in [1.54, 1.807) is 13.1 Å². The molecule has 0 saturated carbocycles. The topological polar surface area (TPSA) is 58.3 Å². The monoisotopic (exact) mass is 391 g/mol. The van der Waals surface area contributed by atoms with Crippen LogP contribution in [-0.4, -0.2) is 46.2 Å². The Balaban J connectivity index is 1.53. The van der Waals surface area contributed by atoms with E-state index in [4.69, 9.17) is 4.52 Å². The highest BCUT2D eigenvalue weighted by molar-refractivity contribution is 5.92. The first kappa shape index (κ1) is 18.7. The lowest BCUT2D eigenvalue weighted by atomic mass is 10.1. The van der Waals surface area contributed by atoms with Crippen LogP contribution in [0.4, 0.5) is 18.9 Å². The van der Waals surface area contributed by atoms with Crippen molar-refractivity contribution >= 4 is 16.6 Å². The molecule has 2 aromatic heterocycles. The van der Waals surface area contributed by atoms with Gasteiger partial charge < -0.3 is 9.42 Å². The molecule has 1 fully saturated rings. The van der Waals surface area contributed by atoms with Crippen molar-refractivity contribution < 1.29 is 17.7 Å². The average molecular weight is 391 g/mol. The SMILES string of the molecule is Cc1nc(CN2CCCN(c3ccnc4cc(C(F)(F)F)ccc34)CC2)no1. The van der Waals surface area contributed by atoms with Gasteiger partial charge in [-0.3, -0.25) is 9.88 Å². The van der Waals surface area contributed by atoms with Gasteiger partial charge in [-0.25, -0.2) is 0 Å². The fourth-order valence-electron chi connectivity index (χ4n) is 3.56. The Bertz CT molecular complexity index is 972. The minimum absolute atomic E-state index is 0.357. The summed E-state index contributed by atoms with van der Waals surface area (Å²) in [5.41, 5.74) is 0.591. The number of aromatic nitrogens is 3. The third kappa shape index (κ3) is 3.94. The number of fused-ring (bicyclic) bond motifs is 1. The van der Waals surface area contributed by atoms with Gasteiger partial charge in [0.1, 0.15) is 0 Å². The third-order valence-corrected chi connectivity index (χ3v) is 4.91. The Morgan fingerprint density at radius 1 is 1.11 bits per heavy atom.